The van der Waals surface area contributed by atoms with E-state index in [1.54, 1.807) is 23.7 Å². The van der Waals surface area contributed by atoms with Gasteiger partial charge >= 0.3 is 0 Å². The SMILES string of the molecule is O=C(CCCCC1CCSS1)NCCCc1nc(-c2ccncc2)cs1. The number of carbonyl (C=O) groups excluding carboxylic acids is 1. The Morgan fingerprint density at radius 3 is 2.92 bits per heavy atom. The first-order valence-corrected chi connectivity index (χ1v) is 12.5. The number of unbranched alkanes of at least 4 members (excludes halogenated alkanes) is 1. The Hall–Kier alpha value is -1.05. The van der Waals surface area contributed by atoms with Crippen LogP contribution < -0.4 is 5.32 Å². The Kier molecular flexibility index (Phi) is 8.29. The van der Waals surface area contributed by atoms with Gasteiger partial charge < -0.3 is 5.32 Å². The van der Waals surface area contributed by atoms with E-state index in [0.29, 0.717) is 6.42 Å². The van der Waals surface area contributed by atoms with E-state index in [0.717, 1.165) is 47.3 Å². The average molecular weight is 408 g/mol. The second-order valence-corrected chi connectivity index (χ2v) is 10.1. The van der Waals surface area contributed by atoms with E-state index in [1.807, 2.05) is 33.7 Å². The molecule has 0 spiro atoms. The van der Waals surface area contributed by atoms with Gasteiger partial charge in [-0.15, -0.1) is 11.3 Å². The molecule has 0 aromatic carbocycles. The highest BCUT2D eigenvalue weighted by Gasteiger charge is 2.15. The van der Waals surface area contributed by atoms with Crippen LogP contribution in [0.15, 0.2) is 29.9 Å². The van der Waals surface area contributed by atoms with Gasteiger partial charge in [-0.25, -0.2) is 4.98 Å². The molecule has 3 heterocycles. The lowest BCUT2D eigenvalue weighted by Crippen LogP contribution is -2.24. The van der Waals surface area contributed by atoms with E-state index >= 15 is 0 Å². The number of nitrogens with one attached hydrogen (secondary N) is 1. The number of hydrogen-bond donors (Lipinski definition) is 1. The number of aryl methyl sites for hydroxylation is 1. The molecule has 0 saturated carbocycles. The van der Waals surface area contributed by atoms with Gasteiger partial charge in [-0.05, 0) is 37.8 Å². The summed E-state index contributed by atoms with van der Waals surface area (Å²) in [5, 5.41) is 7.07. The summed E-state index contributed by atoms with van der Waals surface area (Å²) in [7, 11) is 4.01. The third-order valence-corrected chi connectivity index (χ3v) is 8.24. The number of aromatic nitrogens is 2. The smallest absolute Gasteiger partial charge is 0.219 e. The molecular weight excluding hydrogens is 382 g/mol. The van der Waals surface area contributed by atoms with Crippen LogP contribution in [-0.2, 0) is 11.2 Å². The van der Waals surface area contributed by atoms with Crippen molar-refractivity contribution in [1.82, 2.24) is 15.3 Å². The fraction of sp³-hybridized carbons (Fsp3) is 0.526. The largest absolute Gasteiger partial charge is 0.356 e. The molecule has 1 unspecified atom stereocenters. The number of nitrogens with zero attached hydrogens (tertiary/aromatic N) is 2. The molecule has 3 rings (SSSR count). The number of carbonyl (C=O) groups is 1. The molecule has 140 valence electrons. The summed E-state index contributed by atoms with van der Waals surface area (Å²) in [6.45, 7) is 0.734. The highest BCUT2D eigenvalue weighted by atomic mass is 33.1. The summed E-state index contributed by atoms with van der Waals surface area (Å²) in [6.07, 6.45) is 10.9. The van der Waals surface area contributed by atoms with Crippen LogP contribution in [0.2, 0.25) is 0 Å². The van der Waals surface area contributed by atoms with E-state index in [2.05, 4.69) is 20.7 Å². The monoisotopic (exact) mass is 407 g/mol. The van der Waals surface area contributed by atoms with Gasteiger partial charge in [0.25, 0.3) is 0 Å². The van der Waals surface area contributed by atoms with Gasteiger partial charge in [-0.1, -0.05) is 28.0 Å². The first kappa shape index (κ1) is 19.7. The van der Waals surface area contributed by atoms with Gasteiger partial charge in [-0.3, -0.25) is 9.78 Å². The summed E-state index contributed by atoms with van der Waals surface area (Å²) in [6, 6.07) is 3.95. The molecule has 0 bridgehead atoms. The maximum absolute atomic E-state index is 11.9. The molecular formula is C19H25N3OS3. The van der Waals surface area contributed by atoms with Gasteiger partial charge in [0.15, 0.2) is 0 Å². The molecule has 26 heavy (non-hydrogen) atoms. The molecule has 1 aliphatic rings. The molecule has 2 aromatic rings. The molecule has 2 aromatic heterocycles. The van der Waals surface area contributed by atoms with Crippen LogP contribution in [0.3, 0.4) is 0 Å². The number of thiazole rings is 1. The van der Waals surface area contributed by atoms with Crippen molar-refractivity contribution in [2.24, 2.45) is 0 Å². The third-order valence-electron chi connectivity index (χ3n) is 4.32. The zero-order valence-electron chi connectivity index (χ0n) is 14.9. The molecule has 0 radical (unpaired) electrons. The van der Waals surface area contributed by atoms with Crippen LogP contribution in [0.5, 0.6) is 0 Å². The van der Waals surface area contributed by atoms with E-state index in [9.17, 15) is 4.79 Å². The van der Waals surface area contributed by atoms with Crippen LogP contribution >= 0.6 is 32.9 Å². The molecule has 1 N–H and O–H groups in total. The van der Waals surface area contributed by atoms with Crippen molar-refractivity contribution in [1.29, 1.82) is 0 Å². The second kappa shape index (κ2) is 10.9. The maximum atomic E-state index is 11.9. The van der Waals surface area contributed by atoms with E-state index in [4.69, 9.17) is 0 Å². The van der Waals surface area contributed by atoms with Gasteiger partial charge in [0, 0.05) is 53.7 Å². The summed E-state index contributed by atoms with van der Waals surface area (Å²) in [5.74, 6) is 1.48. The summed E-state index contributed by atoms with van der Waals surface area (Å²) >= 11 is 1.68. The van der Waals surface area contributed by atoms with Gasteiger partial charge in [-0.2, -0.15) is 0 Å². The van der Waals surface area contributed by atoms with Crippen LogP contribution in [0.1, 0.15) is 43.5 Å². The molecule has 1 saturated heterocycles. The predicted octanol–water partition coefficient (Wildman–Crippen LogP) is 4.97. The lowest BCUT2D eigenvalue weighted by atomic mass is 10.1. The topological polar surface area (TPSA) is 54.9 Å². The van der Waals surface area contributed by atoms with E-state index < -0.39 is 0 Å². The lowest BCUT2D eigenvalue weighted by molar-refractivity contribution is -0.121. The van der Waals surface area contributed by atoms with E-state index in [1.165, 1.54) is 25.0 Å². The van der Waals surface area contributed by atoms with Crippen LogP contribution in [-0.4, -0.2) is 33.4 Å². The van der Waals surface area contributed by atoms with Crippen molar-refractivity contribution >= 4 is 38.8 Å². The molecule has 1 fully saturated rings. The zero-order chi connectivity index (χ0) is 18.0. The molecule has 1 aliphatic heterocycles. The summed E-state index contributed by atoms with van der Waals surface area (Å²) < 4.78 is 0. The predicted molar refractivity (Wildman–Crippen MR) is 114 cm³/mol. The van der Waals surface area contributed by atoms with Crippen molar-refractivity contribution in [2.45, 2.75) is 50.2 Å². The summed E-state index contributed by atoms with van der Waals surface area (Å²) in [5.41, 5.74) is 2.11. The fourth-order valence-corrected chi connectivity index (χ4v) is 6.74. The summed E-state index contributed by atoms with van der Waals surface area (Å²) in [4.78, 5) is 20.6. The van der Waals surface area contributed by atoms with Crippen LogP contribution in [0.25, 0.3) is 11.3 Å². The number of hydrogen-bond acceptors (Lipinski definition) is 6. The van der Waals surface area contributed by atoms with Crippen molar-refractivity contribution in [2.75, 3.05) is 12.3 Å². The first-order valence-electron chi connectivity index (χ1n) is 9.21. The standard InChI is InChI=1S/C19H25N3OS3/c23-18(5-2-1-4-16-9-13-25-26-16)21-10-3-6-19-22-17(14-24-19)15-7-11-20-12-8-15/h7-8,11-12,14,16H,1-6,9-10,13H2,(H,21,23). The Morgan fingerprint density at radius 2 is 2.12 bits per heavy atom. The molecule has 1 amide bonds. The van der Waals surface area contributed by atoms with E-state index in [-0.39, 0.29) is 5.91 Å². The maximum Gasteiger partial charge on any atom is 0.219 e. The normalized spacial score (nSPS) is 16.7. The molecule has 1 atom stereocenters. The van der Waals surface area contributed by atoms with Crippen LogP contribution in [0.4, 0.5) is 0 Å². The molecule has 7 heteroatoms. The minimum Gasteiger partial charge on any atom is -0.356 e. The van der Waals surface area contributed by atoms with Gasteiger partial charge in [0.1, 0.15) is 0 Å². The van der Waals surface area contributed by atoms with Crippen molar-refractivity contribution in [3.63, 3.8) is 0 Å². The average Bonchev–Trinajstić information content (AvgIpc) is 3.35. The Morgan fingerprint density at radius 1 is 1.23 bits per heavy atom. The number of rotatable bonds is 10. The highest BCUT2D eigenvalue weighted by molar-refractivity contribution is 8.77. The third kappa shape index (κ3) is 6.59. The first-order chi connectivity index (χ1) is 12.8. The number of pyridine rings is 1. The Bertz CT molecular complexity index is 672. The highest BCUT2D eigenvalue weighted by Crippen LogP contribution is 2.39. The molecule has 0 aliphatic carbocycles. The Labute approximate surface area is 167 Å². The van der Waals surface area contributed by atoms with Crippen molar-refractivity contribution in [3.8, 4) is 11.3 Å². The van der Waals surface area contributed by atoms with Crippen LogP contribution in [0, 0.1) is 0 Å². The number of amides is 1. The minimum absolute atomic E-state index is 0.190. The van der Waals surface area contributed by atoms with Crippen molar-refractivity contribution < 1.29 is 4.79 Å². The minimum atomic E-state index is 0.190. The fourth-order valence-electron chi connectivity index (χ4n) is 2.86. The molecule has 4 nitrogen and oxygen atoms in total. The van der Waals surface area contributed by atoms with Gasteiger partial charge in [0.2, 0.25) is 5.91 Å². The second-order valence-electron chi connectivity index (χ2n) is 6.39. The quantitative estimate of drug-likeness (QED) is 0.445. The van der Waals surface area contributed by atoms with Crippen molar-refractivity contribution in [3.05, 3.63) is 34.9 Å². The lowest BCUT2D eigenvalue weighted by Gasteiger charge is -2.07. The zero-order valence-corrected chi connectivity index (χ0v) is 17.3. The van der Waals surface area contributed by atoms with Gasteiger partial charge in [0.05, 0.1) is 10.7 Å². The Balaban J connectivity index is 1.25.